The number of hydrogen-bond donors (Lipinski definition) is 1. The molecule has 0 radical (unpaired) electrons. The van der Waals surface area contributed by atoms with Gasteiger partial charge in [-0.3, -0.25) is 0 Å². The van der Waals surface area contributed by atoms with Crippen LogP contribution < -0.4 is 5.32 Å². The van der Waals surface area contributed by atoms with Crippen molar-refractivity contribution in [2.75, 3.05) is 18.1 Å². The molecular weight excluding hydrogens is 212 g/mol. The van der Waals surface area contributed by atoms with Crippen molar-refractivity contribution in [3.63, 3.8) is 0 Å². The lowest BCUT2D eigenvalue weighted by Gasteiger charge is -2.05. The second-order valence-electron chi connectivity index (χ2n) is 3.44. The third-order valence-electron chi connectivity index (χ3n) is 1.98. The van der Waals surface area contributed by atoms with Crippen LogP contribution in [-0.4, -0.2) is 26.2 Å². The Morgan fingerprint density at radius 2 is 2.13 bits per heavy atom. The molecule has 0 fully saturated rings. The summed E-state index contributed by atoms with van der Waals surface area (Å²) < 4.78 is 22.2. The van der Waals surface area contributed by atoms with Gasteiger partial charge >= 0.3 is 0 Å². The van der Waals surface area contributed by atoms with E-state index in [0.29, 0.717) is 0 Å². The SMILES string of the molecule is CCCCNc1ccc(S(C)(=O)=O)nc1. The monoisotopic (exact) mass is 228 g/mol. The summed E-state index contributed by atoms with van der Waals surface area (Å²) in [5, 5.41) is 3.28. The lowest BCUT2D eigenvalue weighted by Crippen LogP contribution is -2.04. The molecule has 1 heterocycles. The fourth-order valence-electron chi connectivity index (χ4n) is 1.11. The van der Waals surface area contributed by atoms with Gasteiger partial charge in [0.25, 0.3) is 0 Å². The van der Waals surface area contributed by atoms with Gasteiger partial charge in [0, 0.05) is 12.8 Å². The third-order valence-corrected chi connectivity index (χ3v) is 2.98. The van der Waals surface area contributed by atoms with E-state index < -0.39 is 9.84 Å². The maximum Gasteiger partial charge on any atom is 0.192 e. The minimum atomic E-state index is -3.18. The number of aromatic nitrogens is 1. The van der Waals surface area contributed by atoms with Crippen molar-refractivity contribution in [2.24, 2.45) is 0 Å². The van der Waals surface area contributed by atoms with Gasteiger partial charge in [0.15, 0.2) is 14.9 Å². The maximum absolute atomic E-state index is 11.1. The second-order valence-corrected chi connectivity index (χ2v) is 5.40. The van der Waals surface area contributed by atoms with Crippen LogP contribution in [0.3, 0.4) is 0 Å². The highest BCUT2D eigenvalue weighted by atomic mass is 32.2. The molecule has 0 aliphatic heterocycles. The summed E-state index contributed by atoms with van der Waals surface area (Å²) in [6, 6.07) is 3.25. The summed E-state index contributed by atoms with van der Waals surface area (Å²) >= 11 is 0. The number of sulfone groups is 1. The number of unbranched alkanes of at least 4 members (excludes halogenated alkanes) is 1. The molecule has 0 aromatic carbocycles. The highest BCUT2D eigenvalue weighted by molar-refractivity contribution is 7.90. The van der Waals surface area contributed by atoms with Crippen LogP contribution in [0.2, 0.25) is 0 Å². The van der Waals surface area contributed by atoms with Crippen LogP contribution >= 0.6 is 0 Å². The van der Waals surface area contributed by atoms with Crippen LogP contribution in [-0.2, 0) is 9.84 Å². The van der Waals surface area contributed by atoms with Crippen molar-refractivity contribution >= 4 is 15.5 Å². The molecular formula is C10H16N2O2S. The molecule has 0 amide bonds. The van der Waals surface area contributed by atoms with Gasteiger partial charge in [0.1, 0.15) is 0 Å². The Morgan fingerprint density at radius 1 is 1.40 bits per heavy atom. The number of anilines is 1. The van der Waals surface area contributed by atoms with Crippen molar-refractivity contribution in [2.45, 2.75) is 24.8 Å². The Bertz CT molecular complexity index is 398. The first-order valence-corrected chi connectivity index (χ1v) is 6.83. The van der Waals surface area contributed by atoms with Crippen molar-refractivity contribution in [3.05, 3.63) is 18.3 Å². The summed E-state index contributed by atoms with van der Waals surface area (Å²) in [6.45, 7) is 3.00. The minimum absolute atomic E-state index is 0.114. The zero-order valence-electron chi connectivity index (χ0n) is 9.03. The van der Waals surface area contributed by atoms with Gasteiger partial charge in [-0.2, -0.15) is 0 Å². The average Bonchev–Trinajstić information content (AvgIpc) is 2.18. The standard InChI is InChI=1S/C10H16N2O2S/c1-3-4-7-11-9-5-6-10(12-8-9)15(2,13)14/h5-6,8,11H,3-4,7H2,1-2H3. The van der Waals surface area contributed by atoms with Crippen LogP contribution in [0.1, 0.15) is 19.8 Å². The van der Waals surface area contributed by atoms with E-state index in [0.717, 1.165) is 31.3 Å². The third kappa shape index (κ3) is 3.87. The number of hydrogen-bond acceptors (Lipinski definition) is 4. The summed E-state index contributed by atoms with van der Waals surface area (Å²) in [7, 11) is -3.18. The summed E-state index contributed by atoms with van der Waals surface area (Å²) in [5.74, 6) is 0. The molecule has 5 heteroatoms. The first-order chi connectivity index (χ1) is 7.04. The molecule has 0 aliphatic rings. The molecule has 1 rings (SSSR count). The van der Waals surface area contributed by atoms with Gasteiger partial charge in [0.05, 0.1) is 11.9 Å². The summed E-state index contributed by atoms with van der Waals surface area (Å²) in [5.41, 5.74) is 0.857. The molecule has 0 spiro atoms. The van der Waals surface area contributed by atoms with Crippen LogP contribution in [0.25, 0.3) is 0 Å². The highest BCUT2D eigenvalue weighted by Gasteiger charge is 2.07. The average molecular weight is 228 g/mol. The van der Waals surface area contributed by atoms with Crippen LogP contribution in [0.5, 0.6) is 0 Å². The van der Waals surface area contributed by atoms with Crippen LogP contribution in [0, 0.1) is 0 Å². The Kier molecular flexibility index (Phi) is 4.08. The van der Waals surface area contributed by atoms with E-state index >= 15 is 0 Å². The van der Waals surface area contributed by atoms with E-state index in [-0.39, 0.29) is 5.03 Å². The quantitative estimate of drug-likeness (QED) is 0.779. The fourth-order valence-corrected chi connectivity index (χ4v) is 1.67. The molecule has 4 nitrogen and oxygen atoms in total. The molecule has 0 saturated carbocycles. The van der Waals surface area contributed by atoms with E-state index in [9.17, 15) is 8.42 Å². The lowest BCUT2D eigenvalue weighted by molar-refractivity contribution is 0.598. The van der Waals surface area contributed by atoms with Gasteiger partial charge in [-0.15, -0.1) is 0 Å². The molecule has 1 aromatic heterocycles. The van der Waals surface area contributed by atoms with Crippen molar-refractivity contribution in [3.8, 4) is 0 Å². The Hall–Kier alpha value is -1.10. The number of pyridine rings is 1. The number of rotatable bonds is 5. The molecule has 0 atom stereocenters. The lowest BCUT2D eigenvalue weighted by atomic mass is 10.3. The predicted octanol–water partition coefficient (Wildman–Crippen LogP) is 1.70. The maximum atomic E-state index is 11.1. The molecule has 1 aromatic rings. The van der Waals surface area contributed by atoms with Crippen molar-refractivity contribution in [1.29, 1.82) is 0 Å². The molecule has 0 bridgehead atoms. The van der Waals surface area contributed by atoms with Crippen LogP contribution in [0.15, 0.2) is 23.4 Å². The molecule has 0 unspecified atom stereocenters. The van der Waals surface area contributed by atoms with Gasteiger partial charge in [-0.1, -0.05) is 13.3 Å². The minimum Gasteiger partial charge on any atom is -0.384 e. The smallest absolute Gasteiger partial charge is 0.192 e. The topological polar surface area (TPSA) is 59.1 Å². The normalized spacial score (nSPS) is 11.3. The van der Waals surface area contributed by atoms with Gasteiger partial charge in [-0.05, 0) is 18.6 Å². The highest BCUT2D eigenvalue weighted by Crippen LogP contribution is 2.10. The fraction of sp³-hybridized carbons (Fsp3) is 0.500. The zero-order valence-corrected chi connectivity index (χ0v) is 9.84. The van der Waals surface area contributed by atoms with Gasteiger partial charge < -0.3 is 5.32 Å². The number of nitrogens with zero attached hydrogens (tertiary/aromatic N) is 1. The zero-order chi connectivity index (χ0) is 11.3. The van der Waals surface area contributed by atoms with Crippen molar-refractivity contribution in [1.82, 2.24) is 4.98 Å². The Morgan fingerprint density at radius 3 is 2.60 bits per heavy atom. The van der Waals surface area contributed by atoms with Crippen molar-refractivity contribution < 1.29 is 8.42 Å². The molecule has 0 saturated heterocycles. The van der Waals surface area contributed by atoms with E-state index in [4.69, 9.17) is 0 Å². The largest absolute Gasteiger partial charge is 0.384 e. The Labute approximate surface area is 90.7 Å². The molecule has 84 valence electrons. The van der Waals surface area contributed by atoms with Gasteiger partial charge in [0.2, 0.25) is 0 Å². The first-order valence-electron chi connectivity index (χ1n) is 4.94. The predicted molar refractivity (Wildman–Crippen MR) is 60.7 cm³/mol. The van der Waals surface area contributed by atoms with E-state index in [2.05, 4.69) is 17.2 Å². The van der Waals surface area contributed by atoms with E-state index in [1.807, 2.05) is 0 Å². The first kappa shape index (κ1) is 12.0. The summed E-state index contributed by atoms with van der Waals surface area (Å²) in [6.07, 6.45) is 4.92. The van der Waals surface area contributed by atoms with E-state index in [1.54, 1.807) is 12.3 Å². The molecule has 0 aliphatic carbocycles. The second kappa shape index (κ2) is 5.11. The van der Waals surface area contributed by atoms with Crippen LogP contribution in [0.4, 0.5) is 5.69 Å². The van der Waals surface area contributed by atoms with E-state index in [1.165, 1.54) is 6.07 Å². The molecule has 1 N–H and O–H groups in total. The van der Waals surface area contributed by atoms with Gasteiger partial charge in [-0.25, -0.2) is 13.4 Å². The number of nitrogens with one attached hydrogen (secondary N) is 1. The molecule has 15 heavy (non-hydrogen) atoms. The Balaban J connectivity index is 2.65. The summed E-state index contributed by atoms with van der Waals surface area (Å²) in [4.78, 5) is 3.88.